The van der Waals surface area contributed by atoms with Crippen LogP contribution in [-0.2, 0) is 26.1 Å². The van der Waals surface area contributed by atoms with Gasteiger partial charge < -0.3 is 0 Å². The molecule has 3 heterocycles. The van der Waals surface area contributed by atoms with Crippen LogP contribution >= 0.6 is 0 Å². The van der Waals surface area contributed by atoms with Crippen molar-refractivity contribution in [1.29, 1.82) is 0 Å². The first-order chi connectivity index (χ1) is 14.7. The summed E-state index contributed by atoms with van der Waals surface area (Å²) in [4.78, 5) is 20.3. The van der Waals surface area contributed by atoms with Gasteiger partial charge in [-0.05, 0) is 47.4 Å². The van der Waals surface area contributed by atoms with E-state index in [2.05, 4.69) is 22.0 Å². The lowest BCUT2D eigenvalue weighted by molar-refractivity contribution is 0.244. The molecular weight excluding hydrogens is 377 g/mol. The van der Waals surface area contributed by atoms with Gasteiger partial charge in [-0.2, -0.15) is 0 Å². The molecule has 4 aromatic rings. The van der Waals surface area contributed by atoms with Gasteiger partial charge in [0.15, 0.2) is 0 Å². The number of aromatic nitrogens is 2. The van der Waals surface area contributed by atoms with Crippen LogP contribution in [-0.4, -0.2) is 21.0 Å². The minimum Gasteiger partial charge on any atom is -0.294 e. The molecule has 30 heavy (non-hydrogen) atoms. The Labute approximate surface area is 174 Å². The molecule has 5 heteroatoms. The zero-order valence-corrected chi connectivity index (χ0v) is 16.6. The Morgan fingerprint density at radius 3 is 2.57 bits per heavy atom. The minimum atomic E-state index is -0.301. The molecule has 0 atom stereocenters. The predicted molar refractivity (Wildman–Crippen MR) is 116 cm³/mol. The van der Waals surface area contributed by atoms with E-state index in [1.54, 1.807) is 16.8 Å². The number of hydrogen-bond acceptors (Lipinski definition) is 3. The Bertz CT molecular complexity index is 1270. The topological polar surface area (TPSA) is 38.1 Å². The Morgan fingerprint density at radius 2 is 1.73 bits per heavy atom. The molecule has 2 aromatic heterocycles. The number of nitrogens with zero attached hydrogens (tertiary/aromatic N) is 3. The summed E-state index contributed by atoms with van der Waals surface area (Å²) in [5.41, 5.74) is 4.56. The second kappa shape index (κ2) is 7.84. The molecule has 0 amide bonds. The number of benzene rings is 2. The van der Waals surface area contributed by atoms with Gasteiger partial charge in [-0.3, -0.25) is 14.3 Å². The van der Waals surface area contributed by atoms with Crippen LogP contribution in [0, 0.1) is 5.82 Å². The van der Waals surface area contributed by atoms with E-state index in [1.165, 1.54) is 17.7 Å². The smallest absolute Gasteiger partial charge is 0.257 e. The molecule has 0 unspecified atom stereocenters. The van der Waals surface area contributed by atoms with E-state index in [1.807, 2.05) is 36.4 Å². The molecule has 2 aromatic carbocycles. The largest absolute Gasteiger partial charge is 0.294 e. The number of pyridine rings is 2. The van der Waals surface area contributed by atoms with E-state index >= 15 is 0 Å². The molecule has 0 spiro atoms. The van der Waals surface area contributed by atoms with E-state index < -0.39 is 0 Å². The molecule has 0 aliphatic carbocycles. The van der Waals surface area contributed by atoms with E-state index in [0.29, 0.717) is 18.7 Å². The van der Waals surface area contributed by atoms with Crippen molar-refractivity contribution in [2.45, 2.75) is 26.1 Å². The van der Waals surface area contributed by atoms with Gasteiger partial charge in [0.1, 0.15) is 11.5 Å². The summed E-state index contributed by atoms with van der Waals surface area (Å²) < 4.78 is 15.4. The fraction of sp³-hybridized carbons (Fsp3) is 0.200. The maximum atomic E-state index is 13.7. The van der Waals surface area contributed by atoms with E-state index in [-0.39, 0.29) is 11.4 Å². The molecule has 150 valence electrons. The number of hydrogen-bond donors (Lipinski definition) is 0. The average Bonchev–Trinajstić information content (AvgIpc) is 2.77. The van der Waals surface area contributed by atoms with Gasteiger partial charge in [0, 0.05) is 36.8 Å². The van der Waals surface area contributed by atoms with Crippen LogP contribution in [0.2, 0.25) is 0 Å². The molecule has 5 rings (SSSR count). The molecule has 0 N–H and O–H groups in total. The molecule has 0 radical (unpaired) electrons. The van der Waals surface area contributed by atoms with E-state index in [0.717, 1.165) is 41.6 Å². The van der Waals surface area contributed by atoms with Gasteiger partial charge in [-0.25, -0.2) is 9.37 Å². The van der Waals surface area contributed by atoms with Gasteiger partial charge in [0.05, 0.1) is 6.54 Å². The highest BCUT2D eigenvalue weighted by Gasteiger charge is 2.24. The molecule has 1 aliphatic heterocycles. The Kier molecular flexibility index (Phi) is 4.89. The predicted octanol–water partition coefficient (Wildman–Crippen LogP) is 4.14. The molecule has 1 aliphatic rings. The highest BCUT2D eigenvalue weighted by atomic mass is 19.1. The first-order valence-corrected chi connectivity index (χ1v) is 10.2. The van der Waals surface area contributed by atoms with Crippen molar-refractivity contribution in [3.63, 3.8) is 0 Å². The summed E-state index contributed by atoms with van der Waals surface area (Å²) >= 11 is 0. The highest BCUT2D eigenvalue weighted by Crippen LogP contribution is 2.25. The van der Waals surface area contributed by atoms with Crippen molar-refractivity contribution in [2.24, 2.45) is 0 Å². The third-order valence-electron chi connectivity index (χ3n) is 5.77. The lowest BCUT2D eigenvalue weighted by atomic mass is 9.97. The number of fused-ring (bicyclic) bond motifs is 3. The van der Waals surface area contributed by atoms with Crippen molar-refractivity contribution in [1.82, 2.24) is 14.5 Å². The summed E-state index contributed by atoms with van der Waals surface area (Å²) in [7, 11) is 0. The lowest BCUT2D eigenvalue weighted by Crippen LogP contribution is -2.37. The third kappa shape index (κ3) is 3.53. The van der Waals surface area contributed by atoms with E-state index in [4.69, 9.17) is 0 Å². The van der Waals surface area contributed by atoms with Crippen LogP contribution < -0.4 is 5.56 Å². The van der Waals surface area contributed by atoms with Crippen LogP contribution in [0.3, 0.4) is 0 Å². The molecule has 0 saturated heterocycles. The quantitative estimate of drug-likeness (QED) is 0.518. The lowest BCUT2D eigenvalue weighted by Gasteiger charge is -2.30. The van der Waals surface area contributed by atoms with Gasteiger partial charge in [-0.15, -0.1) is 0 Å². The van der Waals surface area contributed by atoms with Gasteiger partial charge >= 0.3 is 0 Å². The maximum Gasteiger partial charge on any atom is 0.257 e. The summed E-state index contributed by atoms with van der Waals surface area (Å²) in [6, 6.07) is 20.7. The van der Waals surface area contributed by atoms with Gasteiger partial charge in [0.2, 0.25) is 0 Å². The molecule has 0 bridgehead atoms. The van der Waals surface area contributed by atoms with Crippen molar-refractivity contribution >= 4 is 11.0 Å². The van der Waals surface area contributed by atoms with Crippen molar-refractivity contribution in [2.75, 3.05) is 6.54 Å². The van der Waals surface area contributed by atoms with Gasteiger partial charge in [0.25, 0.3) is 5.56 Å². The zero-order valence-electron chi connectivity index (χ0n) is 16.6. The molecule has 0 saturated carbocycles. The average molecular weight is 399 g/mol. The summed E-state index contributed by atoms with van der Waals surface area (Å²) in [5.74, 6) is -0.301. The Morgan fingerprint density at radius 1 is 0.900 bits per heavy atom. The fourth-order valence-electron chi connectivity index (χ4n) is 4.36. The molecule has 4 nitrogen and oxygen atoms in total. The molecule has 0 fully saturated rings. The van der Waals surface area contributed by atoms with Crippen LogP contribution in [0.4, 0.5) is 4.39 Å². The SMILES string of the molecule is O=c1c2c(c3cccnc3n1Cc1cccc(F)c1)CCN(Cc1ccccc1)C2. The van der Waals surface area contributed by atoms with Crippen LogP contribution in [0.5, 0.6) is 0 Å². The summed E-state index contributed by atoms with van der Waals surface area (Å²) in [6.07, 6.45) is 2.53. The third-order valence-corrected chi connectivity index (χ3v) is 5.77. The van der Waals surface area contributed by atoms with Crippen LogP contribution in [0.25, 0.3) is 11.0 Å². The monoisotopic (exact) mass is 399 g/mol. The summed E-state index contributed by atoms with van der Waals surface area (Å²) in [6.45, 7) is 2.63. The fourth-order valence-corrected chi connectivity index (χ4v) is 4.36. The van der Waals surface area contributed by atoms with Crippen molar-refractivity contribution in [3.8, 4) is 0 Å². The second-order valence-corrected chi connectivity index (χ2v) is 7.80. The number of halogens is 1. The Balaban J connectivity index is 1.57. The zero-order chi connectivity index (χ0) is 20.5. The maximum absolute atomic E-state index is 13.7. The van der Waals surface area contributed by atoms with Crippen molar-refractivity contribution < 1.29 is 4.39 Å². The van der Waals surface area contributed by atoms with Crippen molar-refractivity contribution in [3.05, 3.63) is 111 Å². The van der Waals surface area contributed by atoms with Crippen LogP contribution in [0.15, 0.2) is 77.7 Å². The standard InChI is InChI=1S/C25H22FN3O/c26-20-9-4-8-19(14-20)16-29-24-22(10-5-12-27-24)21-11-13-28(17-23(21)25(29)30)15-18-6-2-1-3-7-18/h1-10,12,14H,11,13,15-17H2. The van der Waals surface area contributed by atoms with Gasteiger partial charge in [-0.1, -0.05) is 42.5 Å². The second-order valence-electron chi connectivity index (χ2n) is 7.80. The normalized spacial score (nSPS) is 14.0. The first-order valence-electron chi connectivity index (χ1n) is 10.2. The van der Waals surface area contributed by atoms with E-state index in [9.17, 15) is 9.18 Å². The highest BCUT2D eigenvalue weighted by molar-refractivity contribution is 5.80. The van der Waals surface area contributed by atoms with Crippen LogP contribution in [0.1, 0.15) is 22.3 Å². The number of rotatable bonds is 4. The first kappa shape index (κ1) is 18.7. The molecular formula is C25H22FN3O. The minimum absolute atomic E-state index is 0.0294. The summed E-state index contributed by atoms with van der Waals surface area (Å²) in [5, 5.41) is 1.02. The Hall–Kier alpha value is -3.31.